The van der Waals surface area contributed by atoms with E-state index >= 15 is 8.78 Å². The zero-order chi connectivity index (χ0) is 30.4. The molecule has 6 heterocycles. The van der Waals surface area contributed by atoms with E-state index in [0.29, 0.717) is 37.3 Å². The van der Waals surface area contributed by atoms with Crippen LogP contribution >= 0.6 is 0 Å². The molecule has 2 aromatic heterocycles. The van der Waals surface area contributed by atoms with Crippen LogP contribution in [-0.2, 0) is 0 Å². The number of hydrogen-bond donors (Lipinski definition) is 2. The van der Waals surface area contributed by atoms with Gasteiger partial charge in [-0.1, -0.05) is 6.07 Å². The summed E-state index contributed by atoms with van der Waals surface area (Å²) in [6.45, 7) is 1.97. The summed E-state index contributed by atoms with van der Waals surface area (Å²) in [5.41, 5.74) is -1.23. The first-order chi connectivity index (χ1) is 21.1. The number of anilines is 1. The number of nitrogens with one attached hydrogen (secondary N) is 1. The van der Waals surface area contributed by atoms with Crippen LogP contribution in [-0.4, -0.2) is 81.5 Å². The van der Waals surface area contributed by atoms with Crippen molar-refractivity contribution in [2.75, 3.05) is 37.7 Å². The number of benzene rings is 2. The number of phenolic OH excluding ortho intramolecular Hbond substituents is 1. The van der Waals surface area contributed by atoms with Crippen LogP contribution in [0.5, 0.6) is 11.8 Å². The quantitative estimate of drug-likeness (QED) is 0.317. The standard InChI is InChI=1S/C31H30F4N6O2/c32-17-10-31(6-1-7-41(31)12-17)15-43-30-38-28-22(29(39-30)40-13-18-3-4-19(14-40)37-18)11-36-27(26(28)35)21-9-20(42)8-16-2-5-23(33)25(34)24(16)21/h2,5,8-9,11,17-19,37,42H,1,3-4,6-7,10,12-15H2/t17-,18-,19+,31+/m1/s1/i17D. The maximum atomic E-state index is 16.6. The zero-order valence-electron chi connectivity index (χ0n) is 24.2. The van der Waals surface area contributed by atoms with Crippen LogP contribution in [0.25, 0.3) is 32.9 Å². The van der Waals surface area contributed by atoms with Gasteiger partial charge in [-0.25, -0.2) is 17.6 Å². The Labute approximate surface area is 246 Å². The fourth-order valence-corrected chi connectivity index (χ4v) is 7.53. The van der Waals surface area contributed by atoms with Gasteiger partial charge in [-0.3, -0.25) is 9.88 Å². The minimum absolute atomic E-state index is 0.00241. The zero-order valence-corrected chi connectivity index (χ0v) is 23.2. The molecule has 0 spiro atoms. The van der Waals surface area contributed by atoms with Crippen molar-refractivity contribution in [3.05, 3.63) is 47.9 Å². The molecule has 4 fully saturated rings. The first kappa shape index (κ1) is 25.7. The lowest BCUT2D eigenvalue weighted by molar-refractivity contribution is 0.107. The Bertz CT molecular complexity index is 1820. The van der Waals surface area contributed by atoms with Gasteiger partial charge in [0.1, 0.15) is 35.5 Å². The van der Waals surface area contributed by atoms with Crippen molar-refractivity contribution < 1.29 is 28.8 Å². The van der Waals surface area contributed by atoms with Crippen LogP contribution in [0.1, 0.15) is 33.5 Å². The van der Waals surface area contributed by atoms with Gasteiger partial charge in [0.15, 0.2) is 17.5 Å². The number of hydrogen-bond acceptors (Lipinski definition) is 8. The molecule has 8 nitrogen and oxygen atoms in total. The van der Waals surface area contributed by atoms with Crippen LogP contribution in [0.4, 0.5) is 23.4 Å². The van der Waals surface area contributed by atoms with Crippen molar-refractivity contribution in [2.24, 2.45) is 0 Å². The number of pyridine rings is 1. The topological polar surface area (TPSA) is 86.6 Å². The van der Waals surface area contributed by atoms with E-state index in [2.05, 4.69) is 20.2 Å². The molecule has 0 aliphatic carbocycles. The van der Waals surface area contributed by atoms with Crippen LogP contribution < -0.4 is 15.0 Å². The first-order valence-electron chi connectivity index (χ1n) is 15.1. The highest BCUT2D eigenvalue weighted by Crippen LogP contribution is 2.42. The van der Waals surface area contributed by atoms with Gasteiger partial charge < -0.3 is 20.1 Å². The van der Waals surface area contributed by atoms with Crippen molar-refractivity contribution in [3.8, 4) is 23.0 Å². The molecule has 8 rings (SSSR count). The number of alkyl halides is 1. The van der Waals surface area contributed by atoms with Crippen LogP contribution in [0.2, 0.25) is 0 Å². The second kappa shape index (κ2) is 9.88. The van der Waals surface area contributed by atoms with E-state index < -0.39 is 29.1 Å². The molecule has 12 heteroatoms. The van der Waals surface area contributed by atoms with Gasteiger partial charge in [-0.05, 0) is 55.8 Å². The summed E-state index contributed by atoms with van der Waals surface area (Å²) >= 11 is 0. The minimum Gasteiger partial charge on any atom is -0.508 e. The number of piperazine rings is 1. The number of fused-ring (bicyclic) bond motifs is 5. The summed E-state index contributed by atoms with van der Waals surface area (Å²) in [7, 11) is 0. The molecular weight excluding hydrogens is 564 g/mol. The molecule has 4 aliphatic rings. The van der Waals surface area contributed by atoms with Crippen molar-refractivity contribution in [1.82, 2.24) is 25.2 Å². The molecule has 43 heavy (non-hydrogen) atoms. The Morgan fingerprint density at radius 2 is 1.91 bits per heavy atom. The van der Waals surface area contributed by atoms with Gasteiger partial charge in [0.25, 0.3) is 0 Å². The number of phenols is 1. The highest BCUT2D eigenvalue weighted by atomic mass is 19.2. The molecular formula is C31H30F4N6O2. The maximum Gasteiger partial charge on any atom is 0.319 e. The summed E-state index contributed by atoms with van der Waals surface area (Å²) in [6, 6.07) is 5.05. The van der Waals surface area contributed by atoms with Gasteiger partial charge >= 0.3 is 6.01 Å². The summed E-state index contributed by atoms with van der Waals surface area (Å²) in [4.78, 5) is 17.5. The highest BCUT2D eigenvalue weighted by Gasteiger charge is 2.49. The SMILES string of the molecule is [2H][C@]1(F)CN2CCC[C@@]2(COc2nc(N3C[C@H]4CC[C@@H](C3)N4)c3cnc(-c4cc(O)cc5ccc(F)c(F)c45)c(F)c3n2)C1. The monoisotopic (exact) mass is 595 g/mol. The molecule has 4 aliphatic heterocycles. The van der Waals surface area contributed by atoms with Crippen molar-refractivity contribution in [1.29, 1.82) is 0 Å². The first-order valence-corrected chi connectivity index (χ1v) is 14.6. The van der Waals surface area contributed by atoms with Crippen molar-refractivity contribution >= 4 is 27.5 Å². The van der Waals surface area contributed by atoms with E-state index in [1.807, 2.05) is 4.90 Å². The molecule has 4 atom stereocenters. The minimum atomic E-state index is -2.08. The van der Waals surface area contributed by atoms with Gasteiger partial charge in [0, 0.05) is 55.3 Å². The summed E-state index contributed by atoms with van der Waals surface area (Å²) < 4.78 is 74.8. The number of nitrogens with zero attached hydrogens (tertiary/aromatic N) is 5. The molecule has 2 aromatic carbocycles. The van der Waals surface area contributed by atoms with Gasteiger partial charge in [-0.15, -0.1) is 0 Å². The Morgan fingerprint density at radius 1 is 1.09 bits per heavy atom. The third-order valence-electron chi connectivity index (χ3n) is 9.50. The Morgan fingerprint density at radius 3 is 2.72 bits per heavy atom. The number of rotatable bonds is 5. The fraction of sp³-hybridized carbons (Fsp3) is 0.452. The van der Waals surface area contributed by atoms with Crippen LogP contribution in [0.3, 0.4) is 0 Å². The Hall–Kier alpha value is -3.77. The molecule has 0 radical (unpaired) electrons. The predicted octanol–water partition coefficient (Wildman–Crippen LogP) is 4.86. The Balaban J connectivity index is 1.26. The second-order valence-corrected chi connectivity index (χ2v) is 12.2. The lowest BCUT2D eigenvalue weighted by Crippen LogP contribution is -2.51. The molecule has 224 valence electrons. The number of halogens is 4. The fourth-order valence-electron chi connectivity index (χ4n) is 7.53. The average molecular weight is 596 g/mol. The molecule has 0 unspecified atom stereocenters. The molecule has 2 bridgehead atoms. The van der Waals surface area contributed by atoms with Crippen LogP contribution in [0.15, 0.2) is 30.5 Å². The van der Waals surface area contributed by atoms with Gasteiger partial charge in [0.05, 0.1) is 12.3 Å². The number of ether oxygens (including phenoxy) is 1. The average Bonchev–Trinajstić information content (AvgIpc) is 3.61. The smallest absolute Gasteiger partial charge is 0.319 e. The van der Waals surface area contributed by atoms with Gasteiger partial charge in [0.2, 0.25) is 0 Å². The van der Waals surface area contributed by atoms with E-state index in [0.717, 1.165) is 31.4 Å². The Kier molecular flexibility index (Phi) is 5.91. The second-order valence-electron chi connectivity index (χ2n) is 12.2. The summed E-state index contributed by atoms with van der Waals surface area (Å²) in [5.74, 6) is -3.03. The lowest BCUT2D eigenvalue weighted by Gasteiger charge is -2.34. The van der Waals surface area contributed by atoms with E-state index in [1.54, 1.807) is 0 Å². The predicted molar refractivity (Wildman–Crippen MR) is 153 cm³/mol. The molecule has 0 amide bonds. The molecule has 2 N–H and O–H groups in total. The normalized spacial score (nSPS) is 29.0. The van der Waals surface area contributed by atoms with E-state index in [1.165, 1.54) is 18.3 Å². The van der Waals surface area contributed by atoms with E-state index in [-0.39, 0.29) is 71.0 Å². The van der Waals surface area contributed by atoms with E-state index in [4.69, 9.17) is 11.1 Å². The van der Waals surface area contributed by atoms with Crippen molar-refractivity contribution in [2.45, 2.75) is 55.9 Å². The number of aromatic hydroxyl groups is 1. The number of aromatic nitrogens is 3. The highest BCUT2D eigenvalue weighted by molar-refractivity contribution is 6.00. The third kappa shape index (κ3) is 4.36. The van der Waals surface area contributed by atoms with Crippen molar-refractivity contribution in [3.63, 3.8) is 0 Å². The third-order valence-corrected chi connectivity index (χ3v) is 9.50. The molecule has 4 aromatic rings. The molecule has 0 saturated carbocycles. The largest absolute Gasteiger partial charge is 0.508 e. The summed E-state index contributed by atoms with van der Waals surface area (Å²) in [6.07, 6.45) is 2.86. The van der Waals surface area contributed by atoms with E-state index in [9.17, 15) is 13.9 Å². The summed E-state index contributed by atoms with van der Waals surface area (Å²) in [5, 5.41) is 14.2. The maximum absolute atomic E-state index is 16.6. The van der Waals surface area contributed by atoms with Crippen LogP contribution in [0, 0.1) is 17.5 Å². The molecule has 4 saturated heterocycles. The van der Waals surface area contributed by atoms with Gasteiger partial charge in [-0.2, -0.15) is 9.97 Å². The lowest BCUT2D eigenvalue weighted by atomic mass is 9.95.